The predicted molar refractivity (Wildman–Crippen MR) is 143 cm³/mol. The van der Waals surface area contributed by atoms with Crippen LogP contribution in [0.25, 0.3) is 22.5 Å². The summed E-state index contributed by atoms with van der Waals surface area (Å²) < 4.78 is 5.75. The summed E-state index contributed by atoms with van der Waals surface area (Å²) >= 11 is 0. The van der Waals surface area contributed by atoms with Crippen molar-refractivity contribution in [3.05, 3.63) is 95.7 Å². The third-order valence-corrected chi connectivity index (χ3v) is 7.41. The fourth-order valence-corrected chi connectivity index (χ4v) is 4.85. The first-order chi connectivity index (χ1) is 17.5. The summed E-state index contributed by atoms with van der Waals surface area (Å²) in [5.41, 5.74) is 6.48. The second kappa shape index (κ2) is 10.0. The van der Waals surface area contributed by atoms with Gasteiger partial charge in [-0.15, -0.1) is 0 Å². The molecule has 0 radical (unpaired) electrons. The number of rotatable bonds is 10. The van der Waals surface area contributed by atoms with Crippen molar-refractivity contribution in [1.29, 1.82) is 0 Å². The highest BCUT2D eigenvalue weighted by Crippen LogP contribution is 2.48. The van der Waals surface area contributed by atoms with Gasteiger partial charge >= 0.3 is 5.97 Å². The minimum absolute atomic E-state index is 0.320. The van der Waals surface area contributed by atoms with E-state index in [0.29, 0.717) is 18.9 Å². The maximum Gasteiger partial charge on any atom is 0.314 e. The van der Waals surface area contributed by atoms with Crippen molar-refractivity contribution < 1.29 is 14.4 Å². The van der Waals surface area contributed by atoms with Crippen LogP contribution in [0.15, 0.2) is 83.4 Å². The number of carboxylic acids is 1. The van der Waals surface area contributed by atoms with Crippen LogP contribution in [0.4, 0.5) is 5.69 Å². The Hall–Kier alpha value is -3.86. The molecule has 0 spiro atoms. The molecule has 1 unspecified atom stereocenters. The van der Waals surface area contributed by atoms with Crippen LogP contribution in [-0.4, -0.2) is 22.3 Å². The zero-order valence-electron chi connectivity index (χ0n) is 20.8. The SMILES string of the molecule is CCC(CCc1ccccc1)Nc1c(C)noc1-c1ccc(-c2ccc(C3(C(=O)O)CC3)cc2)cc1. The number of nitrogens with one attached hydrogen (secondary N) is 1. The molecule has 0 saturated heterocycles. The Morgan fingerprint density at radius 1 is 0.972 bits per heavy atom. The van der Waals surface area contributed by atoms with Gasteiger partial charge in [-0.05, 0) is 61.3 Å². The Morgan fingerprint density at radius 3 is 2.17 bits per heavy atom. The number of carbonyl (C=O) groups is 1. The molecule has 1 aliphatic rings. The monoisotopic (exact) mass is 480 g/mol. The van der Waals surface area contributed by atoms with E-state index in [1.165, 1.54) is 5.56 Å². The second-order valence-corrected chi connectivity index (χ2v) is 9.79. The fraction of sp³-hybridized carbons (Fsp3) is 0.290. The summed E-state index contributed by atoms with van der Waals surface area (Å²) in [6.07, 6.45) is 4.49. The summed E-state index contributed by atoms with van der Waals surface area (Å²) in [6, 6.07) is 27.1. The van der Waals surface area contributed by atoms with Gasteiger partial charge in [0, 0.05) is 11.6 Å². The molecule has 1 fully saturated rings. The third-order valence-electron chi connectivity index (χ3n) is 7.41. The topological polar surface area (TPSA) is 75.4 Å². The highest BCUT2D eigenvalue weighted by atomic mass is 16.5. The maximum atomic E-state index is 11.6. The van der Waals surface area contributed by atoms with Crippen LogP contribution in [0.3, 0.4) is 0 Å². The molecule has 36 heavy (non-hydrogen) atoms. The van der Waals surface area contributed by atoms with Crippen LogP contribution in [0.5, 0.6) is 0 Å². The van der Waals surface area contributed by atoms with Crippen molar-refractivity contribution >= 4 is 11.7 Å². The van der Waals surface area contributed by atoms with Crippen LogP contribution in [0.2, 0.25) is 0 Å². The second-order valence-electron chi connectivity index (χ2n) is 9.79. The van der Waals surface area contributed by atoms with E-state index in [1.807, 2.05) is 31.2 Å². The highest BCUT2D eigenvalue weighted by Gasteiger charge is 2.51. The molecule has 1 aromatic heterocycles. The van der Waals surface area contributed by atoms with E-state index in [1.54, 1.807) is 0 Å². The molecule has 0 bridgehead atoms. The van der Waals surface area contributed by atoms with Crippen molar-refractivity contribution in [2.45, 2.75) is 57.4 Å². The van der Waals surface area contributed by atoms with Crippen LogP contribution in [-0.2, 0) is 16.6 Å². The van der Waals surface area contributed by atoms with E-state index in [2.05, 4.69) is 72.0 Å². The Bertz CT molecular complexity index is 1320. The molecule has 4 aromatic rings. The minimum Gasteiger partial charge on any atom is -0.481 e. The Morgan fingerprint density at radius 2 is 1.58 bits per heavy atom. The number of benzene rings is 3. The van der Waals surface area contributed by atoms with Gasteiger partial charge in [-0.1, -0.05) is 90.9 Å². The molecular weight excluding hydrogens is 448 g/mol. The van der Waals surface area contributed by atoms with E-state index >= 15 is 0 Å². The quantitative estimate of drug-likeness (QED) is 0.250. The average Bonchev–Trinajstić information content (AvgIpc) is 3.66. The lowest BCUT2D eigenvalue weighted by atomic mass is 9.93. The van der Waals surface area contributed by atoms with Crippen LogP contribution in [0, 0.1) is 6.92 Å². The van der Waals surface area contributed by atoms with E-state index in [-0.39, 0.29) is 0 Å². The summed E-state index contributed by atoms with van der Waals surface area (Å²) in [4.78, 5) is 11.6. The molecule has 5 nitrogen and oxygen atoms in total. The van der Waals surface area contributed by atoms with Gasteiger partial charge in [0.05, 0.1) is 5.41 Å². The molecular formula is C31H32N2O3. The summed E-state index contributed by atoms with van der Waals surface area (Å²) in [5.74, 6) is 0.0291. The summed E-state index contributed by atoms with van der Waals surface area (Å²) in [7, 11) is 0. The Labute approximate surface area is 212 Å². The lowest BCUT2D eigenvalue weighted by molar-refractivity contribution is -0.140. The molecule has 1 atom stereocenters. The van der Waals surface area contributed by atoms with Gasteiger partial charge < -0.3 is 14.9 Å². The average molecular weight is 481 g/mol. The fourth-order valence-electron chi connectivity index (χ4n) is 4.85. The van der Waals surface area contributed by atoms with E-state index < -0.39 is 11.4 Å². The summed E-state index contributed by atoms with van der Waals surface area (Å²) in [6.45, 7) is 4.17. The normalized spacial score (nSPS) is 14.8. The van der Waals surface area contributed by atoms with E-state index in [4.69, 9.17) is 4.52 Å². The molecule has 5 heteroatoms. The lowest BCUT2D eigenvalue weighted by Gasteiger charge is -2.18. The highest BCUT2D eigenvalue weighted by molar-refractivity contribution is 5.85. The molecule has 0 aliphatic heterocycles. The Kier molecular flexibility index (Phi) is 6.64. The number of aryl methyl sites for hydroxylation is 2. The smallest absolute Gasteiger partial charge is 0.314 e. The van der Waals surface area contributed by atoms with Crippen molar-refractivity contribution in [1.82, 2.24) is 5.16 Å². The van der Waals surface area contributed by atoms with Crippen molar-refractivity contribution in [3.63, 3.8) is 0 Å². The number of hydrogen-bond acceptors (Lipinski definition) is 4. The van der Waals surface area contributed by atoms with Crippen molar-refractivity contribution in [2.24, 2.45) is 0 Å². The van der Waals surface area contributed by atoms with E-state index in [9.17, 15) is 9.90 Å². The third kappa shape index (κ3) is 4.78. The number of anilines is 1. The first-order valence-corrected chi connectivity index (χ1v) is 12.7. The molecule has 5 rings (SSSR count). The first-order valence-electron chi connectivity index (χ1n) is 12.7. The minimum atomic E-state index is -0.725. The maximum absolute atomic E-state index is 11.6. The molecule has 184 valence electrons. The molecule has 1 heterocycles. The van der Waals surface area contributed by atoms with Gasteiger partial charge in [0.1, 0.15) is 11.4 Å². The summed E-state index contributed by atoms with van der Waals surface area (Å²) in [5, 5.41) is 17.5. The largest absolute Gasteiger partial charge is 0.481 e. The standard InChI is InChI=1S/C31H32N2O3/c1-3-27(18-9-22-7-5-4-6-8-22)32-28-21(2)33-36-29(28)25-12-10-23(11-13-25)24-14-16-26(17-15-24)31(19-20-31)30(34)35/h4-8,10-17,27,32H,3,9,18-20H2,1-2H3,(H,34,35). The molecule has 1 aliphatic carbocycles. The van der Waals surface area contributed by atoms with Gasteiger partial charge in [-0.2, -0.15) is 0 Å². The lowest BCUT2D eigenvalue weighted by Crippen LogP contribution is -2.20. The van der Waals surface area contributed by atoms with Crippen molar-refractivity contribution in [3.8, 4) is 22.5 Å². The van der Waals surface area contributed by atoms with Crippen molar-refractivity contribution in [2.75, 3.05) is 5.32 Å². The first kappa shape index (κ1) is 23.9. The van der Waals surface area contributed by atoms with Crippen LogP contribution in [0.1, 0.15) is 49.4 Å². The number of nitrogens with zero attached hydrogens (tertiary/aromatic N) is 1. The number of hydrogen-bond donors (Lipinski definition) is 2. The zero-order chi connectivity index (χ0) is 25.1. The van der Waals surface area contributed by atoms with Crippen LogP contribution < -0.4 is 5.32 Å². The number of carboxylic acid groups (broad SMARTS) is 1. The molecule has 0 amide bonds. The molecule has 3 aromatic carbocycles. The van der Waals surface area contributed by atoms with Gasteiger partial charge in [0.2, 0.25) is 0 Å². The molecule has 1 saturated carbocycles. The van der Waals surface area contributed by atoms with Gasteiger partial charge in [0.15, 0.2) is 5.76 Å². The number of aliphatic carboxylic acids is 1. The Balaban J connectivity index is 1.30. The molecule has 2 N–H and O–H groups in total. The van der Waals surface area contributed by atoms with Gasteiger partial charge in [0.25, 0.3) is 0 Å². The number of aromatic nitrogens is 1. The van der Waals surface area contributed by atoms with Gasteiger partial charge in [-0.3, -0.25) is 4.79 Å². The zero-order valence-corrected chi connectivity index (χ0v) is 20.8. The predicted octanol–water partition coefficient (Wildman–Crippen LogP) is 7.26. The van der Waals surface area contributed by atoms with Gasteiger partial charge in [-0.25, -0.2) is 0 Å². The van der Waals surface area contributed by atoms with Crippen LogP contribution >= 0.6 is 0 Å². The van der Waals surface area contributed by atoms with E-state index in [0.717, 1.165) is 58.7 Å².